The molecule has 2 nitrogen and oxygen atoms in total. The molecule has 74 valence electrons. The summed E-state index contributed by atoms with van der Waals surface area (Å²) in [5, 5.41) is 17.5. The lowest BCUT2D eigenvalue weighted by Gasteiger charge is -2.09. The van der Waals surface area contributed by atoms with Gasteiger partial charge in [-0.1, -0.05) is 15.9 Å². The van der Waals surface area contributed by atoms with Gasteiger partial charge in [-0.05, 0) is 12.1 Å². The van der Waals surface area contributed by atoms with Gasteiger partial charge in [0.05, 0.1) is 24.2 Å². The van der Waals surface area contributed by atoms with E-state index in [9.17, 15) is 13.9 Å². The molecule has 0 radical (unpaired) electrons. The Bertz CT molecular complexity index is 366. The first-order valence-corrected chi connectivity index (χ1v) is 4.55. The highest BCUT2D eigenvalue weighted by molar-refractivity contribution is 9.10. The summed E-state index contributed by atoms with van der Waals surface area (Å²) in [4.78, 5) is 0. The highest BCUT2D eigenvalue weighted by Gasteiger charge is 2.18. The van der Waals surface area contributed by atoms with Crippen molar-refractivity contribution in [2.75, 3.05) is 0 Å². The van der Waals surface area contributed by atoms with Crippen LogP contribution in [0, 0.1) is 23.0 Å². The molecule has 0 aliphatic carbocycles. The van der Waals surface area contributed by atoms with Gasteiger partial charge in [0, 0.05) is 4.47 Å². The molecule has 1 rings (SSSR count). The van der Waals surface area contributed by atoms with Crippen molar-refractivity contribution in [1.29, 1.82) is 5.26 Å². The lowest BCUT2D eigenvalue weighted by molar-refractivity contribution is 0.173. The first kappa shape index (κ1) is 11.1. The Morgan fingerprint density at radius 1 is 1.43 bits per heavy atom. The monoisotopic (exact) mass is 261 g/mol. The summed E-state index contributed by atoms with van der Waals surface area (Å²) in [5.41, 5.74) is -0.463. The van der Waals surface area contributed by atoms with Crippen molar-refractivity contribution < 1.29 is 13.9 Å². The minimum atomic E-state index is -1.42. The standard InChI is InChI=1S/C9H6BrF2NO/c10-5-3-6(11)9(7(12)4-5)8(14)1-2-13/h3-4,8,14H,1H2. The number of halogens is 3. The van der Waals surface area contributed by atoms with Crippen LogP contribution in [0.1, 0.15) is 18.1 Å². The van der Waals surface area contributed by atoms with Crippen molar-refractivity contribution in [1.82, 2.24) is 0 Å². The third-order valence-electron chi connectivity index (χ3n) is 1.66. The molecule has 14 heavy (non-hydrogen) atoms. The maximum absolute atomic E-state index is 13.1. The van der Waals surface area contributed by atoms with Crippen LogP contribution in [-0.4, -0.2) is 5.11 Å². The van der Waals surface area contributed by atoms with Gasteiger partial charge in [-0.3, -0.25) is 0 Å². The van der Waals surface area contributed by atoms with Crippen LogP contribution >= 0.6 is 15.9 Å². The minimum absolute atomic E-state index is 0.250. The van der Waals surface area contributed by atoms with E-state index in [1.807, 2.05) is 0 Å². The molecule has 0 spiro atoms. The molecule has 1 aromatic carbocycles. The third-order valence-corrected chi connectivity index (χ3v) is 2.12. The summed E-state index contributed by atoms with van der Waals surface area (Å²) in [6.45, 7) is 0. The van der Waals surface area contributed by atoms with Crippen LogP contribution in [0.4, 0.5) is 8.78 Å². The van der Waals surface area contributed by atoms with Gasteiger partial charge in [0.25, 0.3) is 0 Å². The average molecular weight is 262 g/mol. The van der Waals surface area contributed by atoms with E-state index in [1.165, 1.54) is 0 Å². The lowest BCUT2D eigenvalue weighted by atomic mass is 10.1. The number of nitriles is 1. The molecule has 0 bridgehead atoms. The summed E-state index contributed by atoms with van der Waals surface area (Å²) in [5.74, 6) is -1.72. The number of benzene rings is 1. The Kier molecular flexibility index (Phi) is 3.55. The van der Waals surface area contributed by atoms with Crippen molar-refractivity contribution in [3.05, 3.63) is 33.8 Å². The molecular weight excluding hydrogens is 256 g/mol. The Morgan fingerprint density at radius 2 is 1.93 bits per heavy atom. The van der Waals surface area contributed by atoms with E-state index in [0.29, 0.717) is 0 Å². The number of nitrogens with zero attached hydrogens (tertiary/aromatic N) is 1. The molecule has 0 aliphatic heterocycles. The largest absolute Gasteiger partial charge is 0.387 e. The van der Waals surface area contributed by atoms with Crippen LogP contribution in [0.15, 0.2) is 16.6 Å². The summed E-state index contributed by atoms with van der Waals surface area (Å²) < 4.78 is 26.5. The van der Waals surface area contributed by atoms with E-state index in [4.69, 9.17) is 5.26 Å². The molecule has 0 saturated heterocycles. The number of aliphatic hydroxyl groups excluding tert-OH is 1. The van der Waals surface area contributed by atoms with E-state index in [0.717, 1.165) is 12.1 Å². The Balaban J connectivity index is 3.15. The predicted molar refractivity (Wildman–Crippen MR) is 49.2 cm³/mol. The molecule has 0 fully saturated rings. The van der Waals surface area contributed by atoms with Crippen LogP contribution in [0.3, 0.4) is 0 Å². The van der Waals surface area contributed by atoms with Crippen LogP contribution in [0.5, 0.6) is 0 Å². The Morgan fingerprint density at radius 3 is 2.36 bits per heavy atom. The van der Waals surface area contributed by atoms with Crippen molar-refractivity contribution in [2.24, 2.45) is 0 Å². The number of hydrogen-bond acceptors (Lipinski definition) is 2. The summed E-state index contributed by atoms with van der Waals surface area (Å²) >= 11 is 2.91. The van der Waals surface area contributed by atoms with Crippen LogP contribution in [0.2, 0.25) is 0 Å². The van der Waals surface area contributed by atoms with Crippen molar-refractivity contribution in [3.63, 3.8) is 0 Å². The summed E-state index contributed by atoms with van der Waals surface area (Å²) in [7, 11) is 0. The first-order chi connectivity index (χ1) is 6.56. The zero-order valence-corrected chi connectivity index (χ0v) is 8.55. The zero-order chi connectivity index (χ0) is 10.7. The van der Waals surface area contributed by atoms with Crippen molar-refractivity contribution >= 4 is 15.9 Å². The molecule has 1 atom stereocenters. The molecule has 5 heteroatoms. The summed E-state index contributed by atoms with van der Waals surface area (Å²) in [6.07, 6.45) is -1.76. The van der Waals surface area contributed by atoms with E-state index < -0.39 is 23.3 Å². The molecule has 1 unspecified atom stereocenters. The fourth-order valence-electron chi connectivity index (χ4n) is 1.06. The molecule has 0 saturated carbocycles. The van der Waals surface area contributed by atoms with Crippen LogP contribution in [-0.2, 0) is 0 Å². The van der Waals surface area contributed by atoms with Gasteiger partial charge in [0.15, 0.2) is 0 Å². The SMILES string of the molecule is N#CCC(O)c1c(F)cc(Br)cc1F. The predicted octanol–water partition coefficient (Wildman–Crippen LogP) is 2.67. The Labute approximate surface area is 87.9 Å². The van der Waals surface area contributed by atoms with Crippen molar-refractivity contribution in [2.45, 2.75) is 12.5 Å². The van der Waals surface area contributed by atoms with E-state index in [2.05, 4.69) is 15.9 Å². The normalized spacial score (nSPS) is 12.2. The second-order valence-corrected chi connectivity index (χ2v) is 3.58. The maximum Gasteiger partial charge on any atom is 0.133 e. The lowest BCUT2D eigenvalue weighted by Crippen LogP contribution is -2.03. The second-order valence-electron chi connectivity index (χ2n) is 2.66. The molecule has 1 aromatic rings. The molecule has 0 amide bonds. The van der Waals surface area contributed by atoms with Crippen LogP contribution in [0.25, 0.3) is 0 Å². The van der Waals surface area contributed by atoms with Gasteiger partial charge in [0.1, 0.15) is 11.6 Å². The first-order valence-electron chi connectivity index (χ1n) is 3.75. The van der Waals surface area contributed by atoms with Gasteiger partial charge in [-0.15, -0.1) is 0 Å². The molecule has 0 heterocycles. The fraction of sp³-hybridized carbons (Fsp3) is 0.222. The highest BCUT2D eigenvalue weighted by atomic mass is 79.9. The average Bonchev–Trinajstić information content (AvgIpc) is 2.01. The quantitative estimate of drug-likeness (QED) is 0.890. The maximum atomic E-state index is 13.1. The summed E-state index contributed by atoms with van der Waals surface area (Å²) in [6, 6.07) is 3.72. The highest BCUT2D eigenvalue weighted by Crippen LogP contribution is 2.26. The molecule has 0 aliphatic rings. The molecule has 0 aromatic heterocycles. The van der Waals surface area contributed by atoms with E-state index >= 15 is 0 Å². The smallest absolute Gasteiger partial charge is 0.133 e. The van der Waals surface area contributed by atoms with Gasteiger partial charge in [-0.25, -0.2) is 8.78 Å². The zero-order valence-electron chi connectivity index (χ0n) is 6.97. The number of rotatable bonds is 2. The topological polar surface area (TPSA) is 44.0 Å². The third kappa shape index (κ3) is 2.28. The fourth-order valence-corrected chi connectivity index (χ4v) is 1.46. The van der Waals surface area contributed by atoms with Gasteiger partial charge < -0.3 is 5.11 Å². The second kappa shape index (κ2) is 4.49. The molecule has 1 N–H and O–H groups in total. The number of hydrogen-bond donors (Lipinski definition) is 1. The number of aliphatic hydroxyl groups is 1. The van der Waals surface area contributed by atoms with Gasteiger partial charge >= 0.3 is 0 Å². The van der Waals surface area contributed by atoms with E-state index in [1.54, 1.807) is 6.07 Å². The Hall–Kier alpha value is -0.990. The van der Waals surface area contributed by atoms with Gasteiger partial charge in [-0.2, -0.15) is 5.26 Å². The van der Waals surface area contributed by atoms with E-state index in [-0.39, 0.29) is 10.9 Å². The molecular formula is C9H6BrF2NO. The van der Waals surface area contributed by atoms with Crippen molar-refractivity contribution in [3.8, 4) is 6.07 Å². The van der Waals surface area contributed by atoms with Crippen LogP contribution < -0.4 is 0 Å². The minimum Gasteiger partial charge on any atom is -0.387 e. The van der Waals surface area contributed by atoms with Gasteiger partial charge in [0.2, 0.25) is 0 Å².